The lowest BCUT2D eigenvalue weighted by molar-refractivity contribution is -0.160. The van der Waals surface area contributed by atoms with E-state index in [1.54, 1.807) is 25.3 Å². The molecule has 0 unspecified atom stereocenters. The van der Waals surface area contributed by atoms with E-state index in [9.17, 15) is 9.59 Å². The van der Waals surface area contributed by atoms with E-state index in [0.717, 1.165) is 0 Å². The highest BCUT2D eigenvalue weighted by atomic mass is 16.6. The van der Waals surface area contributed by atoms with Gasteiger partial charge in [0.2, 0.25) is 0 Å². The molecule has 0 amide bonds. The number of carbonyl (C=O) groups excluding carboxylic acids is 2. The topological polar surface area (TPSA) is 77.8 Å². The summed E-state index contributed by atoms with van der Waals surface area (Å²) < 4.78 is 15.9. The van der Waals surface area contributed by atoms with E-state index in [1.165, 1.54) is 0 Å². The molecule has 0 spiro atoms. The van der Waals surface area contributed by atoms with Crippen LogP contribution in [0.25, 0.3) is 0 Å². The zero-order chi connectivity index (χ0) is 16.3. The zero-order valence-corrected chi connectivity index (χ0v) is 13.4. The van der Waals surface area contributed by atoms with Crippen molar-refractivity contribution in [2.75, 3.05) is 6.61 Å². The summed E-state index contributed by atoms with van der Waals surface area (Å²) in [6, 6.07) is 2.61. The maximum atomic E-state index is 12.4. The van der Waals surface area contributed by atoms with E-state index in [4.69, 9.17) is 13.9 Å². The van der Waals surface area contributed by atoms with E-state index in [2.05, 4.69) is 5.32 Å². The van der Waals surface area contributed by atoms with Crippen molar-refractivity contribution in [3.63, 3.8) is 0 Å². The zero-order valence-electron chi connectivity index (χ0n) is 13.4. The van der Waals surface area contributed by atoms with Crippen LogP contribution in [-0.4, -0.2) is 30.2 Å². The molecule has 1 aromatic heterocycles. The number of furan rings is 1. The molecule has 1 aliphatic rings. The van der Waals surface area contributed by atoms with Crippen LogP contribution in [0.1, 0.15) is 45.9 Å². The quantitative estimate of drug-likeness (QED) is 0.859. The number of nitrogens with one attached hydrogen (secondary N) is 1. The number of carbonyl (C=O) groups is 2. The molecule has 1 saturated heterocycles. The van der Waals surface area contributed by atoms with Crippen LogP contribution in [0.2, 0.25) is 0 Å². The molecule has 1 aromatic rings. The molecule has 0 radical (unpaired) electrons. The lowest BCUT2D eigenvalue weighted by Gasteiger charge is -2.24. The van der Waals surface area contributed by atoms with Crippen LogP contribution in [0.15, 0.2) is 22.8 Å². The summed E-state index contributed by atoms with van der Waals surface area (Å²) in [5.41, 5.74) is -0.577. The monoisotopic (exact) mass is 309 g/mol. The molecule has 1 N–H and O–H groups in total. The number of ether oxygens (including phenoxy) is 2. The van der Waals surface area contributed by atoms with Crippen molar-refractivity contribution in [3.05, 3.63) is 24.2 Å². The van der Waals surface area contributed by atoms with Crippen LogP contribution in [-0.2, 0) is 19.1 Å². The summed E-state index contributed by atoms with van der Waals surface area (Å²) in [5, 5.41) is 3.13. The molecule has 22 heavy (non-hydrogen) atoms. The molecule has 122 valence electrons. The summed E-state index contributed by atoms with van der Waals surface area (Å²) in [7, 11) is 0. The predicted octanol–water partition coefficient (Wildman–Crippen LogP) is 2.20. The number of hydrogen-bond acceptors (Lipinski definition) is 6. The molecule has 0 aliphatic carbocycles. The van der Waals surface area contributed by atoms with Crippen molar-refractivity contribution in [1.82, 2.24) is 5.32 Å². The average Bonchev–Trinajstić information content (AvgIpc) is 3.06. The Labute approximate surface area is 130 Å². The second kappa shape index (κ2) is 6.52. The van der Waals surface area contributed by atoms with Gasteiger partial charge in [0.25, 0.3) is 0 Å². The first-order valence-electron chi connectivity index (χ1n) is 7.50. The third-order valence-electron chi connectivity index (χ3n) is 3.40. The largest absolute Gasteiger partial charge is 0.468 e. The fourth-order valence-corrected chi connectivity index (χ4v) is 2.56. The normalized spacial score (nSPS) is 25.0. The minimum atomic E-state index is -0.577. The SMILES string of the molecule is CCOC(=O)[C@H]1C[C@@H](C(=O)OC(C)(C)C)[C@H](c2ccco2)N1. The van der Waals surface area contributed by atoms with Gasteiger partial charge in [0.1, 0.15) is 17.4 Å². The molecular weight excluding hydrogens is 286 g/mol. The van der Waals surface area contributed by atoms with Gasteiger partial charge in [0, 0.05) is 0 Å². The summed E-state index contributed by atoms with van der Waals surface area (Å²) in [6.07, 6.45) is 1.87. The lowest BCUT2D eigenvalue weighted by Crippen LogP contribution is -2.34. The fraction of sp³-hybridized carbons (Fsp3) is 0.625. The maximum absolute atomic E-state index is 12.4. The second-order valence-corrected chi connectivity index (χ2v) is 6.34. The molecule has 1 fully saturated rings. The molecule has 0 saturated carbocycles. The Morgan fingerprint density at radius 1 is 1.36 bits per heavy atom. The van der Waals surface area contributed by atoms with Gasteiger partial charge in [0.05, 0.1) is 24.8 Å². The standard InChI is InChI=1S/C16H23NO5/c1-5-20-15(19)11-9-10(14(18)22-16(2,3)4)13(17-11)12-7-6-8-21-12/h6-8,10-11,13,17H,5,9H2,1-4H3/t10-,11-,13-/m1/s1. The van der Waals surface area contributed by atoms with Crippen LogP contribution in [0.5, 0.6) is 0 Å². The van der Waals surface area contributed by atoms with Crippen molar-refractivity contribution >= 4 is 11.9 Å². The van der Waals surface area contributed by atoms with E-state index in [0.29, 0.717) is 18.8 Å². The lowest BCUT2D eigenvalue weighted by atomic mass is 9.97. The molecule has 2 rings (SSSR count). The van der Waals surface area contributed by atoms with Crippen molar-refractivity contribution < 1.29 is 23.5 Å². The summed E-state index contributed by atoms with van der Waals surface area (Å²) in [4.78, 5) is 24.4. The van der Waals surface area contributed by atoms with Gasteiger partial charge in [-0.05, 0) is 46.2 Å². The van der Waals surface area contributed by atoms with Gasteiger partial charge in [-0.2, -0.15) is 0 Å². The van der Waals surface area contributed by atoms with Gasteiger partial charge in [-0.1, -0.05) is 0 Å². The highest BCUT2D eigenvalue weighted by Crippen LogP contribution is 2.35. The fourth-order valence-electron chi connectivity index (χ4n) is 2.56. The maximum Gasteiger partial charge on any atom is 0.323 e. The first-order valence-corrected chi connectivity index (χ1v) is 7.50. The number of hydrogen-bond donors (Lipinski definition) is 1. The van der Waals surface area contributed by atoms with E-state index >= 15 is 0 Å². The molecule has 6 heteroatoms. The first-order chi connectivity index (χ1) is 10.3. The van der Waals surface area contributed by atoms with E-state index < -0.39 is 17.6 Å². The second-order valence-electron chi connectivity index (χ2n) is 6.34. The van der Waals surface area contributed by atoms with Gasteiger partial charge < -0.3 is 13.9 Å². The van der Waals surface area contributed by atoms with Crippen LogP contribution < -0.4 is 5.32 Å². The van der Waals surface area contributed by atoms with Crippen LogP contribution in [0.4, 0.5) is 0 Å². The number of esters is 2. The van der Waals surface area contributed by atoms with Gasteiger partial charge >= 0.3 is 11.9 Å². The third kappa shape index (κ3) is 3.88. The van der Waals surface area contributed by atoms with Crippen molar-refractivity contribution in [2.24, 2.45) is 5.92 Å². The van der Waals surface area contributed by atoms with Gasteiger partial charge in [-0.3, -0.25) is 14.9 Å². The minimum Gasteiger partial charge on any atom is -0.468 e. The molecule has 0 aromatic carbocycles. The van der Waals surface area contributed by atoms with Crippen molar-refractivity contribution in [1.29, 1.82) is 0 Å². The Morgan fingerprint density at radius 3 is 2.64 bits per heavy atom. The molecule has 3 atom stereocenters. The Hall–Kier alpha value is -1.82. The Morgan fingerprint density at radius 2 is 2.09 bits per heavy atom. The Kier molecular flexibility index (Phi) is 4.90. The summed E-state index contributed by atoms with van der Waals surface area (Å²) >= 11 is 0. The highest BCUT2D eigenvalue weighted by molar-refractivity contribution is 5.80. The van der Waals surface area contributed by atoms with E-state index in [1.807, 2.05) is 20.8 Å². The summed E-state index contributed by atoms with van der Waals surface area (Å²) in [6.45, 7) is 7.51. The molecule has 1 aliphatic heterocycles. The van der Waals surface area contributed by atoms with Gasteiger partial charge in [-0.15, -0.1) is 0 Å². The van der Waals surface area contributed by atoms with Gasteiger partial charge in [-0.25, -0.2) is 0 Å². The first kappa shape index (κ1) is 16.5. The smallest absolute Gasteiger partial charge is 0.323 e. The molecular formula is C16H23NO5. The number of rotatable bonds is 4. The molecule has 6 nitrogen and oxygen atoms in total. The van der Waals surface area contributed by atoms with Crippen LogP contribution in [0.3, 0.4) is 0 Å². The average molecular weight is 309 g/mol. The molecule has 2 heterocycles. The summed E-state index contributed by atoms with van der Waals surface area (Å²) in [5.74, 6) is -0.569. The molecule has 0 bridgehead atoms. The van der Waals surface area contributed by atoms with Gasteiger partial charge in [0.15, 0.2) is 0 Å². The Bertz CT molecular complexity index is 517. The van der Waals surface area contributed by atoms with E-state index in [-0.39, 0.29) is 18.0 Å². The predicted molar refractivity (Wildman–Crippen MR) is 79.0 cm³/mol. The van der Waals surface area contributed by atoms with Crippen molar-refractivity contribution in [2.45, 2.75) is 51.8 Å². The Balaban J connectivity index is 2.17. The van der Waals surface area contributed by atoms with Crippen LogP contribution in [0, 0.1) is 5.92 Å². The third-order valence-corrected chi connectivity index (χ3v) is 3.40. The van der Waals surface area contributed by atoms with Crippen molar-refractivity contribution in [3.8, 4) is 0 Å². The highest BCUT2D eigenvalue weighted by Gasteiger charge is 2.45. The minimum absolute atomic E-state index is 0.305. The van der Waals surface area contributed by atoms with Crippen LogP contribution >= 0.6 is 0 Å².